The minimum absolute atomic E-state index is 0.0794. The lowest BCUT2D eigenvalue weighted by Gasteiger charge is -1.97. The summed E-state index contributed by atoms with van der Waals surface area (Å²) in [5.41, 5.74) is 0. The lowest BCUT2D eigenvalue weighted by molar-refractivity contribution is 0.0528. The van der Waals surface area contributed by atoms with Crippen molar-refractivity contribution in [2.75, 3.05) is 6.61 Å². The fraction of sp³-hybridized carbons (Fsp3) is 0.250. The first-order valence-corrected chi connectivity index (χ1v) is 4.61. The van der Waals surface area contributed by atoms with Crippen molar-refractivity contribution in [3.05, 3.63) is 15.8 Å². The van der Waals surface area contributed by atoms with Crippen LogP contribution in [0.5, 0.6) is 5.75 Å². The van der Waals surface area contributed by atoms with Gasteiger partial charge in [-0.05, 0) is 6.92 Å². The highest BCUT2D eigenvalue weighted by molar-refractivity contribution is 7.16. The van der Waals surface area contributed by atoms with Gasteiger partial charge in [-0.15, -0.1) is 11.3 Å². The maximum Gasteiger partial charge on any atom is 0.352 e. The molecule has 76 valence electrons. The molecule has 2 N–H and O–H groups in total. The van der Waals surface area contributed by atoms with E-state index in [1.54, 1.807) is 6.92 Å². The molecule has 5 nitrogen and oxygen atoms in total. The van der Waals surface area contributed by atoms with Crippen LogP contribution >= 0.6 is 11.3 Å². The van der Waals surface area contributed by atoms with Crippen LogP contribution in [0.25, 0.3) is 0 Å². The van der Waals surface area contributed by atoms with Crippen LogP contribution in [0.1, 0.15) is 26.3 Å². The van der Waals surface area contributed by atoms with E-state index in [9.17, 15) is 14.7 Å². The molecule has 1 rings (SSSR count). The summed E-state index contributed by atoms with van der Waals surface area (Å²) in [6, 6.07) is 1.03. The van der Waals surface area contributed by atoms with Crippen LogP contribution in [0.4, 0.5) is 0 Å². The van der Waals surface area contributed by atoms with Gasteiger partial charge in [0.15, 0.2) is 4.88 Å². The lowest BCUT2D eigenvalue weighted by atomic mass is 10.4. The number of rotatable bonds is 3. The first-order chi connectivity index (χ1) is 6.56. The van der Waals surface area contributed by atoms with Gasteiger partial charge in [0.25, 0.3) is 0 Å². The minimum atomic E-state index is -1.18. The summed E-state index contributed by atoms with van der Waals surface area (Å²) >= 11 is 0.692. The van der Waals surface area contributed by atoms with Gasteiger partial charge in [0.2, 0.25) is 0 Å². The Bertz CT molecular complexity index is 368. The van der Waals surface area contributed by atoms with Gasteiger partial charge in [0.05, 0.1) is 6.61 Å². The third kappa shape index (κ3) is 2.02. The number of carboxylic acid groups (broad SMARTS) is 1. The number of aromatic hydroxyl groups is 1. The molecule has 0 atom stereocenters. The second-order valence-corrected chi connectivity index (χ2v) is 3.40. The monoisotopic (exact) mass is 216 g/mol. The normalized spacial score (nSPS) is 9.79. The largest absolute Gasteiger partial charge is 0.506 e. The molecule has 0 aliphatic carbocycles. The van der Waals surface area contributed by atoms with Gasteiger partial charge in [-0.25, -0.2) is 9.59 Å². The molecule has 0 spiro atoms. The molecule has 0 fully saturated rings. The van der Waals surface area contributed by atoms with E-state index < -0.39 is 11.9 Å². The summed E-state index contributed by atoms with van der Waals surface area (Å²) in [6.07, 6.45) is 0. The van der Waals surface area contributed by atoms with E-state index in [0.29, 0.717) is 11.3 Å². The van der Waals surface area contributed by atoms with Gasteiger partial charge >= 0.3 is 11.9 Å². The third-order valence-corrected chi connectivity index (χ3v) is 2.48. The molecule has 14 heavy (non-hydrogen) atoms. The number of hydrogen-bond acceptors (Lipinski definition) is 5. The standard InChI is InChI=1S/C8H8O5S/c1-2-13-8(12)6-4(9)3-5(14-6)7(10)11/h3,9H,2H2,1H3,(H,10,11). The van der Waals surface area contributed by atoms with Crippen molar-refractivity contribution in [1.82, 2.24) is 0 Å². The molecule has 0 aliphatic rings. The van der Waals surface area contributed by atoms with Crippen LogP contribution in [0.3, 0.4) is 0 Å². The number of carbonyl (C=O) groups is 2. The van der Waals surface area contributed by atoms with E-state index in [2.05, 4.69) is 4.74 Å². The predicted molar refractivity (Wildman–Crippen MR) is 48.9 cm³/mol. The van der Waals surface area contributed by atoms with Crippen LogP contribution in [-0.2, 0) is 4.74 Å². The average molecular weight is 216 g/mol. The van der Waals surface area contributed by atoms with Crippen molar-refractivity contribution in [3.8, 4) is 5.75 Å². The van der Waals surface area contributed by atoms with Crippen LogP contribution in [0, 0.1) is 0 Å². The second kappa shape index (κ2) is 4.10. The number of carboxylic acids is 1. The average Bonchev–Trinajstić information content (AvgIpc) is 2.48. The van der Waals surface area contributed by atoms with E-state index >= 15 is 0 Å². The molecule has 0 aromatic carbocycles. The minimum Gasteiger partial charge on any atom is -0.506 e. The SMILES string of the molecule is CCOC(=O)c1sc(C(=O)O)cc1O. The second-order valence-electron chi connectivity index (χ2n) is 2.35. The Hall–Kier alpha value is -1.56. The molecule has 0 amide bonds. The summed E-state index contributed by atoms with van der Waals surface area (Å²) in [7, 11) is 0. The number of esters is 1. The van der Waals surface area contributed by atoms with Crippen molar-refractivity contribution >= 4 is 23.3 Å². The van der Waals surface area contributed by atoms with Crippen LogP contribution in [-0.4, -0.2) is 28.8 Å². The summed E-state index contributed by atoms with van der Waals surface area (Å²) in [4.78, 5) is 21.5. The highest BCUT2D eigenvalue weighted by Crippen LogP contribution is 2.28. The van der Waals surface area contributed by atoms with Crippen molar-refractivity contribution in [2.45, 2.75) is 6.92 Å². The molecule has 0 saturated carbocycles. The zero-order valence-electron chi connectivity index (χ0n) is 7.31. The van der Waals surface area contributed by atoms with E-state index in [0.717, 1.165) is 6.07 Å². The summed E-state index contributed by atoms with van der Waals surface area (Å²) in [6.45, 7) is 1.80. The van der Waals surface area contributed by atoms with E-state index in [4.69, 9.17) is 5.11 Å². The molecule has 0 bridgehead atoms. The molecule has 1 heterocycles. The van der Waals surface area contributed by atoms with Crippen molar-refractivity contribution in [3.63, 3.8) is 0 Å². The third-order valence-electron chi connectivity index (χ3n) is 1.38. The topological polar surface area (TPSA) is 83.8 Å². The fourth-order valence-corrected chi connectivity index (χ4v) is 1.61. The summed E-state index contributed by atoms with van der Waals surface area (Å²) in [5, 5.41) is 17.8. The Morgan fingerprint density at radius 2 is 2.21 bits per heavy atom. The van der Waals surface area contributed by atoms with Crippen LogP contribution < -0.4 is 0 Å². The van der Waals surface area contributed by atoms with Gasteiger partial charge in [0.1, 0.15) is 10.6 Å². The maximum atomic E-state index is 11.1. The number of carbonyl (C=O) groups excluding carboxylic acids is 1. The van der Waals surface area contributed by atoms with Gasteiger partial charge in [-0.3, -0.25) is 0 Å². The Kier molecular flexibility index (Phi) is 3.08. The molecule has 6 heteroatoms. The summed E-state index contributed by atoms with van der Waals surface area (Å²) < 4.78 is 4.62. The quantitative estimate of drug-likeness (QED) is 0.744. The molecule has 0 unspecified atom stereocenters. The first-order valence-electron chi connectivity index (χ1n) is 3.79. The molecule has 0 aliphatic heterocycles. The zero-order chi connectivity index (χ0) is 10.7. The number of aromatic carboxylic acids is 1. The van der Waals surface area contributed by atoms with Crippen molar-refractivity contribution in [1.29, 1.82) is 0 Å². The molecular formula is C8H8O5S. The Balaban J connectivity index is 2.98. The van der Waals surface area contributed by atoms with Gasteiger partial charge in [-0.2, -0.15) is 0 Å². The molecule has 1 aromatic rings. The summed E-state index contributed by atoms with van der Waals surface area (Å²) in [5.74, 6) is -2.24. The van der Waals surface area contributed by atoms with Gasteiger partial charge in [0, 0.05) is 6.07 Å². The Morgan fingerprint density at radius 1 is 1.57 bits per heavy atom. The fourth-order valence-electron chi connectivity index (χ4n) is 0.830. The van der Waals surface area contributed by atoms with E-state index in [-0.39, 0.29) is 22.1 Å². The zero-order valence-corrected chi connectivity index (χ0v) is 8.13. The van der Waals surface area contributed by atoms with Crippen molar-refractivity contribution < 1.29 is 24.5 Å². The highest BCUT2D eigenvalue weighted by Gasteiger charge is 2.19. The molecule has 0 radical (unpaired) electrons. The van der Waals surface area contributed by atoms with Crippen molar-refractivity contribution in [2.24, 2.45) is 0 Å². The predicted octanol–water partition coefficient (Wildman–Crippen LogP) is 1.33. The first kappa shape index (κ1) is 10.5. The molecule has 1 aromatic heterocycles. The van der Waals surface area contributed by atoms with E-state index in [1.165, 1.54) is 0 Å². The number of ether oxygens (including phenoxy) is 1. The maximum absolute atomic E-state index is 11.1. The Morgan fingerprint density at radius 3 is 2.64 bits per heavy atom. The van der Waals surface area contributed by atoms with E-state index in [1.807, 2.05) is 0 Å². The number of thiophene rings is 1. The number of hydrogen-bond donors (Lipinski definition) is 2. The Labute approximate surface area is 83.6 Å². The lowest BCUT2D eigenvalue weighted by Crippen LogP contribution is -2.02. The molecular weight excluding hydrogens is 208 g/mol. The van der Waals surface area contributed by atoms with Crippen LogP contribution in [0.2, 0.25) is 0 Å². The van der Waals surface area contributed by atoms with Gasteiger partial charge < -0.3 is 14.9 Å². The smallest absolute Gasteiger partial charge is 0.352 e. The van der Waals surface area contributed by atoms with Gasteiger partial charge in [-0.1, -0.05) is 0 Å². The van der Waals surface area contributed by atoms with Crippen LogP contribution in [0.15, 0.2) is 6.07 Å². The highest BCUT2D eigenvalue weighted by atomic mass is 32.1. The molecule has 0 saturated heterocycles.